The van der Waals surface area contributed by atoms with Gasteiger partial charge in [0.2, 0.25) is 5.88 Å². The number of benzene rings is 1. The van der Waals surface area contributed by atoms with E-state index in [1.807, 2.05) is 39.0 Å². The van der Waals surface area contributed by atoms with E-state index in [4.69, 9.17) is 25.8 Å². The fraction of sp³-hybridized carbons (Fsp3) is 0.375. The number of halogens is 1. The van der Waals surface area contributed by atoms with Crippen molar-refractivity contribution >= 4 is 29.2 Å². The van der Waals surface area contributed by atoms with Crippen molar-refractivity contribution in [2.75, 3.05) is 20.2 Å². The van der Waals surface area contributed by atoms with Gasteiger partial charge in [-0.15, -0.1) is 0 Å². The Kier molecular flexibility index (Phi) is 7.40. The van der Waals surface area contributed by atoms with E-state index in [9.17, 15) is 9.59 Å². The minimum atomic E-state index is -0.517. The molecule has 1 aromatic carbocycles. The molecule has 0 fully saturated rings. The summed E-state index contributed by atoms with van der Waals surface area (Å²) >= 11 is 6.27. The van der Waals surface area contributed by atoms with Gasteiger partial charge in [0.05, 0.1) is 18.4 Å². The highest BCUT2D eigenvalue weighted by molar-refractivity contribution is 6.31. The molecule has 7 nitrogen and oxygen atoms in total. The monoisotopic (exact) mass is 458 g/mol. The number of pyridine rings is 1. The number of hydrogen-bond donors (Lipinski definition) is 0. The number of aromatic nitrogens is 1. The first-order valence-corrected chi connectivity index (χ1v) is 10.7. The molecule has 0 spiro atoms. The second-order valence-electron chi connectivity index (χ2n) is 8.35. The summed E-state index contributed by atoms with van der Waals surface area (Å²) in [6.45, 7) is 6.81. The average Bonchev–Trinajstić information content (AvgIpc) is 2.77. The third-order valence-electron chi connectivity index (χ3n) is 4.76. The van der Waals surface area contributed by atoms with Crippen molar-refractivity contribution in [1.82, 2.24) is 9.88 Å². The molecule has 1 aliphatic heterocycles. The van der Waals surface area contributed by atoms with Gasteiger partial charge in [-0.2, -0.15) is 0 Å². The molecule has 0 saturated carbocycles. The predicted molar refractivity (Wildman–Crippen MR) is 122 cm³/mol. The molecule has 0 radical (unpaired) electrons. The largest absolute Gasteiger partial charge is 0.473 e. The SMILES string of the molecule is COC(=O)c1ccc(COc2cccc(C3=CCN(C(=O)OC(C)(C)C)CC3)n2)c(Cl)c1. The fourth-order valence-electron chi connectivity index (χ4n) is 3.13. The van der Waals surface area contributed by atoms with Gasteiger partial charge >= 0.3 is 12.1 Å². The second kappa shape index (κ2) is 10.0. The molecule has 1 aliphatic rings. The lowest BCUT2D eigenvalue weighted by Gasteiger charge is -2.29. The number of rotatable bonds is 5. The number of carbonyl (C=O) groups is 2. The van der Waals surface area contributed by atoms with Crippen molar-refractivity contribution in [2.24, 2.45) is 0 Å². The molecule has 0 N–H and O–H groups in total. The Labute approximate surface area is 192 Å². The number of carbonyl (C=O) groups excluding carboxylic acids is 2. The van der Waals surface area contributed by atoms with E-state index < -0.39 is 11.6 Å². The van der Waals surface area contributed by atoms with Crippen LogP contribution in [0, 0.1) is 0 Å². The topological polar surface area (TPSA) is 78.0 Å². The van der Waals surface area contributed by atoms with Crippen LogP contribution >= 0.6 is 11.6 Å². The molecule has 0 bridgehead atoms. The first-order valence-electron chi connectivity index (χ1n) is 10.3. The van der Waals surface area contributed by atoms with Crippen molar-refractivity contribution in [3.8, 4) is 5.88 Å². The molecule has 0 atom stereocenters. The van der Waals surface area contributed by atoms with Crippen LogP contribution in [0.15, 0.2) is 42.5 Å². The molecule has 8 heteroatoms. The lowest BCUT2D eigenvalue weighted by molar-refractivity contribution is 0.0270. The standard InChI is InChI=1S/C24H27ClN2O5/c1-24(2,3)32-23(29)27-12-10-16(11-13-27)20-6-5-7-21(26-20)31-15-18-9-8-17(14-19(18)25)22(28)30-4/h5-10,14H,11-13,15H2,1-4H3. The molecule has 0 unspecified atom stereocenters. The predicted octanol–water partition coefficient (Wildman–Crippen LogP) is 5.12. The van der Waals surface area contributed by atoms with E-state index in [-0.39, 0.29) is 12.7 Å². The van der Waals surface area contributed by atoms with Gasteiger partial charge in [-0.25, -0.2) is 14.6 Å². The van der Waals surface area contributed by atoms with Crippen molar-refractivity contribution < 1.29 is 23.8 Å². The fourth-order valence-corrected chi connectivity index (χ4v) is 3.36. The summed E-state index contributed by atoms with van der Waals surface area (Å²) in [6.07, 6.45) is 2.35. The minimum Gasteiger partial charge on any atom is -0.473 e. The van der Waals surface area contributed by atoms with E-state index in [1.54, 1.807) is 29.2 Å². The number of methoxy groups -OCH3 is 1. The lowest BCUT2D eigenvalue weighted by atomic mass is 10.0. The zero-order valence-corrected chi connectivity index (χ0v) is 19.4. The summed E-state index contributed by atoms with van der Waals surface area (Å²) in [5.41, 5.74) is 2.45. The van der Waals surface area contributed by atoms with E-state index in [1.165, 1.54) is 7.11 Å². The van der Waals surface area contributed by atoms with Crippen LogP contribution in [0.1, 0.15) is 48.8 Å². The summed E-state index contributed by atoms with van der Waals surface area (Å²) in [5, 5.41) is 0.418. The highest BCUT2D eigenvalue weighted by Crippen LogP contribution is 2.25. The number of ether oxygens (including phenoxy) is 3. The van der Waals surface area contributed by atoms with Crippen LogP contribution in [0.2, 0.25) is 5.02 Å². The maximum Gasteiger partial charge on any atom is 0.410 e. The summed E-state index contributed by atoms with van der Waals surface area (Å²) in [7, 11) is 1.32. The maximum atomic E-state index is 12.2. The lowest BCUT2D eigenvalue weighted by Crippen LogP contribution is -2.39. The quantitative estimate of drug-likeness (QED) is 0.578. The highest BCUT2D eigenvalue weighted by Gasteiger charge is 2.24. The molecule has 1 amide bonds. The Morgan fingerprint density at radius 1 is 1.19 bits per heavy atom. The molecule has 1 aromatic heterocycles. The molecular weight excluding hydrogens is 432 g/mol. The van der Waals surface area contributed by atoms with Crippen LogP contribution in [0.3, 0.4) is 0 Å². The van der Waals surface area contributed by atoms with Crippen molar-refractivity contribution in [3.05, 3.63) is 64.3 Å². The average molecular weight is 459 g/mol. The van der Waals surface area contributed by atoms with Crippen LogP contribution in [-0.2, 0) is 16.1 Å². The van der Waals surface area contributed by atoms with Gasteiger partial charge in [-0.3, -0.25) is 0 Å². The molecule has 0 aliphatic carbocycles. The Bertz CT molecular complexity index is 1030. The Morgan fingerprint density at radius 2 is 1.97 bits per heavy atom. The Balaban J connectivity index is 1.63. The zero-order chi connectivity index (χ0) is 23.3. The Hall–Kier alpha value is -3.06. The maximum absolute atomic E-state index is 12.2. The van der Waals surface area contributed by atoms with Gasteiger partial charge in [0, 0.05) is 29.7 Å². The summed E-state index contributed by atoms with van der Waals surface area (Å²) in [6, 6.07) is 10.5. The first kappa shape index (κ1) is 23.6. The smallest absolute Gasteiger partial charge is 0.410 e. The van der Waals surface area contributed by atoms with Crippen LogP contribution in [0.25, 0.3) is 5.57 Å². The zero-order valence-electron chi connectivity index (χ0n) is 18.7. The molecule has 170 valence electrons. The van der Waals surface area contributed by atoms with Gasteiger partial charge in [-0.05, 0) is 51.0 Å². The van der Waals surface area contributed by atoms with Gasteiger partial charge in [-0.1, -0.05) is 29.8 Å². The molecule has 0 saturated heterocycles. The van der Waals surface area contributed by atoms with Crippen molar-refractivity contribution in [1.29, 1.82) is 0 Å². The first-order chi connectivity index (χ1) is 15.2. The van der Waals surface area contributed by atoms with E-state index >= 15 is 0 Å². The summed E-state index contributed by atoms with van der Waals surface area (Å²) < 4.78 is 16.0. The molecule has 2 heterocycles. The van der Waals surface area contributed by atoms with Crippen LogP contribution in [0.5, 0.6) is 5.88 Å². The number of amides is 1. The number of hydrogen-bond acceptors (Lipinski definition) is 6. The third-order valence-corrected chi connectivity index (χ3v) is 5.11. The van der Waals surface area contributed by atoms with Gasteiger partial charge in [0.25, 0.3) is 0 Å². The minimum absolute atomic E-state index is 0.211. The highest BCUT2D eigenvalue weighted by atomic mass is 35.5. The second-order valence-corrected chi connectivity index (χ2v) is 8.76. The summed E-state index contributed by atoms with van der Waals surface area (Å²) in [5.74, 6) is 0.0193. The van der Waals surface area contributed by atoms with E-state index in [0.717, 1.165) is 16.8 Å². The molecule has 2 aromatic rings. The number of esters is 1. The molecule has 32 heavy (non-hydrogen) atoms. The normalized spacial score (nSPS) is 13.9. The van der Waals surface area contributed by atoms with Gasteiger partial charge in [0.15, 0.2) is 0 Å². The molecule has 3 rings (SSSR count). The van der Waals surface area contributed by atoms with Crippen LogP contribution in [-0.4, -0.2) is 47.7 Å². The van der Waals surface area contributed by atoms with E-state index in [0.29, 0.717) is 36.0 Å². The van der Waals surface area contributed by atoms with Crippen LogP contribution < -0.4 is 4.74 Å². The van der Waals surface area contributed by atoms with Gasteiger partial charge < -0.3 is 19.1 Å². The Morgan fingerprint density at radius 3 is 2.59 bits per heavy atom. The number of nitrogens with zero attached hydrogens (tertiary/aromatic N) is 2. The summed E-state index contributed by atoms with van der Waals surface area (Å²) in [4.78, 5) is 30.1. The van der Waals surface area contributed by atoms with E-state index in [2.05, 4.69) is 4.98 Å². The van der Waals surface area contributed by atoms with Gasteiger partial charge in [0.1, 0.15) is 12.2 Å². The third kappa shape index (κ3) is 6.23. The van der Waals surface area contributed by atoms with Crippen molar-refractivity contribution in [3.63, 3.8) is 0 Å². The van der Waals surface area contributed by atoms with Crippen LogP contribution in [0.4, 0.5) is 4.79 Å². The molecular formula is C24H27ClN2O5. The van der Waals surface area contributed by atoms with Crippen molar-refractivity contribution in [2.45, 2.75) is 39.4 Å².